The van der Waals surface area contributed by atoms with E-state index in [-0.39, 0.29) is 13.0 Å². The average molecular weight is 239 g/mol. The second-order valence-electron chi connectivity index (χ2n) is 4.79. The third-order valence-corrected chi connectivity index (χ3v) is 3.49. The van der Waals surface area contributed by atoms with Gasteiger partial charge in [0.2, 0.25) is 0 Å². The van der Waals surface area contributed by atoms with Crippen molar-refractivity contribution in [1.82, 2.24) is 5.32 Å². The van der Waals surface area contributed by atoms with Crippen LogP contribution in [0, 0.1) is 5.92 Å². The maximum absolute atomic E-state index is 12.7. The molecule has 1 atom stereocenters. The van der Waals surface area contributed by atoms with Crippen LogP contribution in [0.5, 0.6) is 5.75 Å². The first-order chi connectivity index (χ1) is 8.17. The highest BCUT2D eigenvalue weighted by atomic mass is 19.3. The van der Waals surface area contributed by atoms with Gasteiger partial charge in [-0.1, -0.05) is 12.1 Å². The lowest BCUT2D eigenvalue weighted by molar-refractivity contribution is 0.0854. The summed E-state index contributed by atoms with van der Waals surface area (Å²) < 4.78 is 31.1. The lowest BCUT2D eigenvalue weighted by Crippen LogP contribution is -2.24. The van der Waals surface area contributed by atoms with Crippen molar-refractivity contribution in [2.75, 3.05) is 13.2 Å². The molecule has 0 aromatic heterocycles. The molecule has 1 saturated carbocycles. The van der Waals surface area contributed by atoms with Crippen LogP contribution in [-0.4, -0.2) is 19.1 Å². The number of alkyl halides is 2. The molecule has 0 saturated heterocycles. The van der Waals surface area contributed by atoms with Crippen LogP contribution in [0.3, 0.4) is 0 Å². The Balaban J connectivity index is 1.70. The van der Waals surface area contributed by atoms with Crippen LogP contribution in [0.1, 0.15) is 17.5 Å². The maximum Gasteiger partial charge on any atom is 0.255 e. The molecule has 1 aromatic carbocycles. The number of halogens is 2. The van der Waals surface area contributed by atoms with E-state index in [4.69, 9.17) is 4.74 Å². The quantitative estimate of drug-likeness (QED) is 0.874. The molecule has 1 aliphatic carbocycles. The highest BCUT2D eigenvalue weighted by Crippen LogP contribution is 2.48. The fourth-order valence-electron chi connectivity index (χ4n) is 2.27. The largest absolute Gasteiger partial charge is 0.493 e. The predicted molar refractivity (Wildman–Crippen MR) is 60.4 cm³/mol. The Kier molecular flexibility index (Phi) is 2.54. The molecule has 0 bridgehead atoms. The summed E-state index contributed by atoms with van der Waals surface area (Å²) in [6.45, 7) is 1.90. The first-order valence-corrected chi connectivity index (χ1v) is 5.99. The Labute approximate surface area is 99.0 Å². The zero-order chi connectivity index (χ0) is 11.9. The van der Waals surface area contributed by atoms with Crippen molar-refractivity contribution in [3.63, 3.8) is 0 Å². The van der Waals surface area contributed by atoms with Gasteiger partial charge in [0, 0.05) is 13.0 Å². The average Bonchev–Trinajstić information content (AvgIpc) is 2.94. The summed E-state index contributed by atoms with van der Waals surface area (Å²) in [5.74, 6) is -2.29. The normalized spacial score (nSPS) is 25.2. The van der Waals surface area contributed by atoms with Gasteiger partial charge in [0.15, 0.2) is 0 Å². The molecule has 1 aliphatic heterocycles. The van der Waals surface area contributed by atoms with Gasteiger partial charge < -0.3 is 10.1 Å². The third-order valence-electron chi connectivity index (χ3n) is 3.49. The van der Waals surface area contributed by atoms with E-state index in [0.717, 1.165) is 25.3 Å². The molecule has 2 aliphatic rings. The summed E-state index contributed by atoms with van der Waals surface area (Å²) in [6.07, 6.45) is 0.885. The van der Waals surface area contributed by atoms with Crippen LogP contribution in [0.15, 0.2) is 18.2 Å². The van der Waals surface area contributed by atoms with Crippen molar-refractivity contribution in [3.05, 3.63) is 29.3 Å². The summed E-state index contributed by atoms with van der Waals surface area (Å²) in [5.41, 5.74) is 2.39. The molecule has 4 heteroatoms. The fraction of sp³-hybridized carbons (Fsp3) is 0.538. The lowest BCUT2D eigenvalue weighted by atomic mass is 10.0. The van der Waals surface area contributed by atoms with Gasteiger partial charge >= 0.3 is 0 Å². The molecule has 92 valence electrons. The Morgan fingerprint density at radius 3 is 3.00 bits per heavy atom. The van der Waals surface area contributed by atoms with E-state index in [1.54, 1.807) is 0 Å². The van der Waals surface area contributed by atoms with Gasteiger partial charge in [-0.05, 0) is 30.2 Å². The van der Waals surface area contributed by atoms with E-state index in [0.29, 0.717) is 0 Å². The highest BCUT2D eigenvalue weighted by molar-refractivity contribution is 5.41. The standard InChI is InChI=1S/C13H15F2NO/c14-13(15)6-10(13)8-17-12-3-1-2-9-7-16-5-4-11(9)12/h1-3,10,16H,4-8H2. The van der Waals surface area contributed by atoms with Crippen LogP contribution in [0.4, 0.5) is 8.78 Å². The number of benzene rings is 1. The van der Waals surface area contributed by atoms with Crippen LogP contribution < -0.4 is 10.1 Å². The maximum atomic E-state index is 12.7. The molecule has 1 fully saturated rings. The fourth-order valence-corrected chi connectivity index (χ4v) is 2.27. The molecule has 1 unspecified atom stereocenters. The molecule has 2 nitrogen and oxygen atoms in total. The van der Waals surface area contributed by atoms with Gasteiger partial charge in [-0.25, -0.2) is 8.78 Å². The van der Waals surface area contributed by atoms with Gasteiger partial charge in [-0.15, -0.1) is 0 Å². The van der Waals surface area contributed by atoms with Crippen molar-refractivity contribution < 1.29 is 13.5 Å². The monoisotopic (exact) mass is 239 g/mol. The molecular formula is C13H15F2NO. The molecule has 0 radical (unpaired) electrons. The minimum Gasteiger partial charge on any atom is -0.493 e. The van der Waals surface area contributed by atoms with E-state index in [1.165, 1.54) is 11.1 Å². The second-order valence-corrected chi connectivity index (χ2v) is 4.79. The second kappa shape index (κ2) is 3.95. The number of ether oxygens (including phenoxy) is 1. The molecule has 1 heterocycles. The van der Waals surface area contributed by atoms with Crippen LogP contribution in [0.25, 0.3) is 0 Å². The summed E-state index contributed by atoms with van der Waals surface area (Å²) in [7, 11) is 0. The minimum atomic E-state index is -2.49. The number of hydrogen-bond acceptors (Lipinski definition) is 2. The first kappa shape index (κ1) is 11.0. The van der Waals surface area contributed by atoms with Crippen molar-refractivity contribution >= 4 is 0 Å². The summed E-state index contributed by atoms with van der Waals surface area (Å²) in [5, 5.41) is 3.28. The molecule has 3 rings (SSSR count). The van der Waals surface area contributed by atoms with E-state index in [1.807, 2.05) is 12.1 Å². The van der Waals surface area contributed by atoms with Gasteiger partial charge in [0.25, 0.3) is 5.92 Å². The SMILES string of the molecule is FC1(F)CC1COc1cccc2c1CCNC2. The van der Waals surface area contributed by atoms with Crippen molar-refractivity contribution in [2.24, 2.45) is 5.92 Å². The zero-order valence-electron chi connectivity index (χ0n) is 9.51. The minimum absolute atomic E-state index is 0.0242. The Morgan fingerprint density at radius 1 is 1.41 bits per heavy atom. The highest BCUT2D eigenvalue weighted by Gasteiger charge is 2.57. The molecule has 1 aromatic rings. The number of nitrogens with one attached hydrogen (secondary N) is 1. The van der Waals surface area contributed by atoms with Crippen LogP contribution in [0.2, 0.25) is 0 Å². The van der Waals surface area contributed by atoms with E-state index in [9.17, 15) is 8.78 Å². The summed E-state index contributed by atoms with van der Waals surface area (Å²) in [4.78, 5) is 0. The smallest absolute Gasteiger partial charge is 0.255 e. The van der Waals surface area contributed by atoms with Crippen LogP contribution in [-0.2, 0) is 13.0 Å². The van der Waals surface area contributed by atoms with E-state index >= 15 is 0 Å². The third kappa shape index (κ3) is 2.14. The van der Waals surface area contributed by atoms with Gasteiger partial charge in [-0.2, -0.15) is 0 Å². The zero-order valence-corrected chi connectivity index (χ0v) is 9.51. The van der Waals surface area contributed by atoms with Crippen molar-refractivity contribution in [1.29, 1.82) is 0 Å². The molecule has 17 heavy (non-hydrogen) atoms. The molecule has 0 spiro atoms. The van der Waals surface area contributed by atoms with Gasteiger partial charge in [-0.3, -0.25) is 0 Å². The summed E-state index contributed by atoms with van der Waals surface area (Å²) in [6, 6.07) is 5.86. The first-order valence-electron chi connectivity index (χ1n) is 5.99. The molecule has 1 N–H and O–H groups in total. The lowest BCUT2D eigenvalue weighted by Gasteiger charge is -2.20. The van der Waals surface area contributed by atoms with Gasteiger partial charge in [0.05, 0.1) is 12.5 Å². The number of fused-ring (bicyclic) bond motifs is 1. The van der Waals surface area contributed by atoms with Crippen LogP contribution >= 0.6 is 0 Å². The Bertz CT molecular complexity index is 433. The van der Waals surface area contributed by atoms with E-state index < -0.39 is 11.8 Å². The Hall–Kier alpha value is -1.16. The Morgan fingerprint density at radius 2 is 2.24 bits per heavy atom. The number of rotatable bonds is 3. The topological polar surface area (TPSA) is 21.3 Å². The number of hydrogen-bond donors (Lipinski definition) is 1. The molecule has 0 amide bonds. The van der Waals surface area contributed by atoms with Gasteiger partial charge in [0.1, 0.15) is 5.75 Å². The van der Waals surface area contributed by atoms with Crippen molar-refractivity contribution in [2.45, 2.75) is 25.3 Å². The van der Waals surface area contributed by atoms with E-state index in [2.05, 4.69) is 11.4 Å². The summed E-state index contributed by atoms with van der Waals surface area (Å²) >= 11 is 0. The van der Waals surface area contributed by atoms with Crippen molar-refractivity contribution in [3.8, 4) is 5.75 Å². The predicted octanol–water partition coefficient (Wildman–Crippen LogP) is 2.37. The molecular weight excluding hydrogens is 224 g/mol.